The molecule has 0 bridgehead atoms. The Balaban J connectivity index is 2.65. The number of rotatable bonds is 2. The predicted octanol–water partition coefficient (Wildman–Crippen LogP) is -0.368. The fraction of sp³-hybridized carbons (Fsp3) is 0.500. The van der Waals surface area contributed by atoms with E-state index in [9.17, 15) is 4.79 Å². The number of nitrogens with two attached hydrogens (primary N) is 1. The van der Waals surface area contributed by atoms with Crippen LogP contribution >= 0.6 is 0 Å². The van der Waals surface area contributed by atoms with Gasteiger partial charge >= 0.3 is 5.97 Å². The van der Waals surface area contributed by atoms with Gasteiger partial charge in [0.2, 0.25) is 0 Å². The third kappa shape index (κ3) is 1.27. The quantitative estimate of drug-likeness (QED) is 0.574. The standard InChI is InChI=1S/C6H9NO4/c1-6(4(7)5(8)9)10-2-3-11-6/h2-4H,7H2,1H3,(H,8,9)/t4-/m1/s1. The zero-order chi connectivity index (χ0) is 8.48. The van der Waals surface area contributed by atoms with E-state index >= 15 is 0 Å². The van der Waals surface area contributed by atoms with Crippen LogP contribution in [0.5, 0.6) is 0 Å². The van der Waals surface area contributed by atoms with Gasteiger partial charge in [0.15, 0.2) is 6.04 Å². The summed E-state index contributed by atoms with van der Waals surface area (Å²) in [6, 6.07) is -1.18. The largest absolute Gasteiger partial charge is 0.480 e. The van der Waals surface area contributed by atoms with Crippen molar-refractivity contribution in [3.05, 3.63) is 12.5 Å². The van der Waals surface area contributed by atoms with E-state index in [0.717, 1.165) is 0 Å². The Kier molecular flexibility index (Phi) is 1.74. The third-order valence-corrected chi connectivity index (χ3v) is 1.49. The van der Waals surface area contributed by atoms with Gasteiger partial charge in [0, 0.05) is 6.92 Å². The lowest BCUT2D eigenvalue weighted by molar-refractivity contribution is -0.171. The Morgan fingerprint density at radius 3 is 2.45 bits per heavy atom. The molecule has 5 nitrogen and oxygen atoms in total. The molecule has 1 aliphatic rings. The van der Waals surface area contributed by atoms with Crippen molar-refractivity contribution < 1.29 is 19.4 Å². The highest BCUT2D eigenvalue weighted by molar-refractivity contribution is 5.74. The lowest BCUT2D eigenvalue weighted by Gasteiger charge is -2.26. The van der Waals surface area contributed by atoms with Crippen LogP contribution in [-0.2, 0) is 14.3 Å². The number of carboxylic acid groups (broad SMARTS) is 1. The maximum absolute atomic E-state index is 10.4. The van der Waals surface area contributed by atoms with Gasteiger partial charge < -0.3 is 20.3 Å². The van der Waals surface area contributed by atoms with Gasteiger partial charge in [-0.1, -0.05) is 0 Å². The smallest absolute Gasteiger partial charge is 0.328 e. The molecule has 0 aromatic carbocycles. The predicted molar refractivity (Wildman–Crippen MR) is 35.3 cm³/mol. The molecule has 0 unspecified atom stereocenters. The molecule has 0 radical (unpaired) electrons. The number of ether oxygens (including phenoxy) is 2. The third-order valence-electron chi connectivity index (χ3n) is 1.49. The van der Waals surface area contributed by atoms with E-state index in [1.54, 1.807) is 0 Å². The molecule has 11 heavy (non-hydrogen) atoms. The number of hydrogen-bond acceptors (Lipinski definition) is 4. The molecule has 1 atom stereocenters. The Morgan fingerprint density at radius 2 is 2.09 bits per heavy atom. The molecule has 3 N–H and O–H groups in total. The molecule has 0 aromatic rings. The molecule has 1 heterocycles. The zero-order valence-corrected chi connectivity index (χ0v) is 5.98. The highest BCUT2D eigenvalue weighted by atomic mass is 16.7. The summed E-state index contributed by atoms with van der Waals surface area (Å²) < 4.78 is 9.71. The molecule has 0 amide bonds. The summed E-state index contributed by atoms with van der Waals surface area (Å²) in [4.78, 5) is 10.4. The topological polar surface area (TPSA) is 81.8 Å². The normalized spacial score (nSPS) is 22.0. The maximum Gasteiger partial charge on any atom is 0.328 e. The number of carboxylic acids is 1. The molecule has 0 spiro atoms. The molecular weight excluding hydrogens is 150 g/mol. The molecule has 0 aliphatic carbocycles. The second-order valence-electron chi connectivity index (χ2n) is 2.34. The summed E-state index contributed by atoms with van der Waals surface area (Å²) in [5.74, 6) is -2.41. The molecule has 0 aromatic heterocycles. The first-order valence-electron chi connectivity index (χ1n) is 3.05. The van der Waals surface area contributed by atoms with Crippen molar-refractivity contribution in [3.8, 4) is 0 Å². The van der Waals surface area contributed by atoms with E-state index in [1.165, 1.54) is 19.4 Å². The van der Waals surface area contributed by atoms with Crippen LogP contribution < -0.4 is 5.73 Å². The molecule has 5 heteroatoms. The van der Waals surface area contributed by atoms with Crippen LogP contribution in [0, 0.1) is 0 Å². The van der Waals surface area contributed by atoms with E-state index in [0.29, 0.717) is 0 Å². The number of carbonyl (C=O) groups is 1. The first kappa shape index (κ1) is 7.87. The van der Waals surface area contributed by atoms with Gasteiger partial charge in [-0.3, -0.25) is 4.79 Å². The first-order chi connectivity index (χ1) is 5.06. The van der Waals surface area contributed by atoms with Crippen LogP contribution in [0.3, 0.4) is 0 Å². The lowest BCUT2D eigenvalue weighted by atomic mass is 10.1. The van der Waals surface area contributed by atoms with E-state index < -0.39 is 17.8 Å². The highest BCUT2D eigenvalue weighted by Crippen LogP contribution is 2.22. The zero-order valence-electron chi connectivity index (χ0n) is 5.98. The Hall–Kier alpha value is -1.23. The van der Waals surface area contributed by atoms with Gasteiger partial charge in [0.25, 0.3) is 5.79 Å². The van der Waals surface area contributed by atoms with E-state index in [1.807, 2.05) is 0 Å². The van der Waals surface area contributed by atoms with Gasteiger partial charge in [-0.05, 0) is 0 Å². The van der Waals surface area contributed by atoms with Gasteiger partial charge in [0.1, 0.15) is 12.5 Å². The monoisotopic (exact) mass is 159 g/mol. The Morgan fingerprint density at radius 1 is 1.64 bits per heavy atom. The van der Waals surface area contributed by atoms with Crippen LogP contribution in [-0.4, -0.2) is 22.9 Å². The molecule has 0 saturated heterocycles. The molecule has 1 aliphatic heterocycles. The van der Waals surface area contributed by atoms with Gasteiger partial charge in [0.05, 0.1) is 0 Å². The molecule has 0 saturated carbocycles. The van der Waals surface area contributed by atoms with Crippen molar-refractivity contribution in [3.63, 3.8) is 0 Å². The van der Waals surface area contributed by atoms with Crippen molar-refractivity contribution in [2.75, 3.05) is 0 Å². The molecule has 1 rings (SSSR count). The lowest BCUT2D eigenvalue weighted by Crippen LogP contribution is -2.51. The van der Waals surface area contributed by atoms with Gasteiger partial charge in [-0.15, -0.1) is 0 Å². The summed E-state index contributed by atoms with van der Waals surface area (Å²) in [5, 5.41) is 8.49. The molecule has 0 fully saturated rings. The fourth-order valence-electron chi connectivity index (χ4n) is 0.724. The van der Waals surface area contributed by atoms with E-state index in [2.05, 4.69) is 0 Å². The number of aliphatic carboxylic acids is 1. The van der Waals surface area contributed by atoms with Crippen molar-refractivity contribution in [1.29, 1.82) is 0 Å². The Labute approximate surface area is 63.4 Å². The second kappa shape index (κ2) is 2.43. The summed E-state index contributed by atoms with van der Waals surface area (Å²) in [7, 11) is 0. The van der Waals surface area contributed by atoms with Crippen molar-refractivity contribution in [1.82, 2.24) is 0 Å². The summed E-state index contributed by atoms with van der Waals surface area (Å²) in [6.45, 7) is 1.46. The SMILES string of the molecule is CC1([C@H](N)C(=O)O)OC=CO1. The Bertz CT molecular complexity index is 193. The van der Waals surface area contributed by atoms with Crippen molar-refractivity contribution in [2.24, 2.45) is 5.73 Å². The van der Waals surface area contributed by atoms with Crippen LogP contribution in [0.2, 0.25) is 0 Å². The minimum atomic E-state index is -1.26. The number of hydrogen-bond donors (Lipinski definition) is 2. The van der Waals surface area contributed by atoms with Crippen LogP contribution in [0.1, 0.15) is 6.92 Å². The highest BCUT2D eigenvalue weighted by Gasteiger charge is 2.41. The fourth-order valence-corrected chi connectivity index (χ4v) is 0.724. The van der Waals surface area contributed by atoms with Gasteiger partial charge in [-0.2, -0.15) is 0 Å². The molecule has 62 valence electrons. The summed E-state index contributed by atoms with van der Waals surface area (Å²) in [6.07, 6.45) is 2.53. The van der Waals surface area contributed by atoms with Crippen LogP contribution in [0.4, 0.5) is 0 Å². The van der Waals surface area contributed by atoms with E-state index in [-0.39, 0.29) is 0 Å². The van der Waals surface area contributed by atoms with Crippen molar-refractivity contribution >= 4 is 5.97 Å². The first-order valence-corrected chi connectivity index (χ1v) is 3.05. The second-order valence-corrected chi connectivity index (χ2v) is 2.34. The summed E-state index contributed by atoms with van der Waals surface area (Å²) >= 11 is 0. The van der Waals surface area contributed by atoms with Crippen molar-refractivity contribution in [2.45, 2.75) is 18.8 Å². The van der Waals surface area contributed by atoms with E-state index in [4.69, 9.17) is 20.3 Å². The minimum Gasteiger partial charge on any atom is -0.480 e. The van der Waals surface area contributed by atoms with Crippen LogP contribution in [0.25, 0.3) is 0 Å². The summed E-state index contributed by atoms with van der Waals surface area (Å²) in [5.41, 5.74) is 5.27. The van der Waals surface area contributed by atoms with Gasteiger partial charge in [-0.25, -0.2) is 0 Å². The van der Waals surface area contributed by atoms with Crippen LogP contribution in [0.15, 0.2) is 12.5 Å². The minimum absolute atomic E-state index is 1.16. The average molecular weight is 159 g/mol. The average Bonchev–Trinajstić information content (AvgIpc) is 2.35. The maximum atomic E-state index is 10.4. The molecular formula is C6H9NO4.